The van der Waals surface area contributed by atoms with Gasteiger partial charge in [-0.05, 0) is 12.8 Å². The monoisotopic (exact) mass is 314 g/mol. The minimum atomic E-state index is -0.769. The Morgan fingerprint density at radius 3 is 2.57 bits per heavy atom. The molecule has 2 atom stereocenters. The summed E-state index contributed by atoms with van der Waals surface area (Å²) in [5.74, 6) is -1.13. The molecule has 0 radical (unpaired) electrons. The Balaban J connectivity index is 2.94. The molecule has 1 aromatic heterocycles. The molecule has 1 rings (SSSR count). The highest BCUT2D eigenvalue weighted by Gasteiger charge is 2.28. The second-order valence-corrected chi connectivity index (χ2v) is 5.93. The van der Waals surface area contributed by atoms with Crippen LogP contribution in [0.15, 0.2) is 6.07 Å². The first-order valence-corrected chi connectivity index (χ1v) is 7.26. The third-order valence-corrected chi connectivity index (χ3v) is 4.31. The van der Waals surface area contributed by atoms with Gasteiger partial charge in [-0.1, -0.05) is 20.3 Å². The quantitative estimate of drug-likeness (QED) is 0.493. The zero-order chi connectivity index (χ0) is 16.2. The van der Waals surface area contributed by atoms with E-state index in [0.29, 0.717) is 11.3 Å². The SMILES string of the molecule is CCC(C)C(NC(=O)c1cc([N+](=O)[O-])c(C)s1)C(=O)OC. The van der Waals surface area contributed by atoms with Crippen molar-refractivity contribution in [1.29, 1.82) is 0 Å². The van der Waals surface area contributed by atoms with Crippen LogP contribution in [0.1, 0.15) is 34.8 Å². The summed E-state index contributed by atoms with van der Waals surface area (Å²) in [5.41, 5.74) is -0.0942. The molecule has 0 aliphatic carbocycles. The molecular formula is C13H18N2O5S. The summed E-state index contributed by atoms with van der Waals surface area (Å²) in [6, 6.07) is 0.453. The molecule has 8 heteroatoms. The summed E-state index contributed by atoms with van der Waals surface area (Å²) in [4.78, 5) is 34.8. The van der Waals surface area contributed by atoms with Crippen molar-refractivity contribution in [3.05, 3.63) is 25.9 Å². The largest absolute Gasteiger partial charge is 0.467 e. The number of esters is 1. The molecule has 0 fully saturated rings. The number of carbonyl (C=O) groups excluding carboxylic acids is 2. The maximum absolute atomic E-state index is 12.2. The third-order valence-electron chi connectivity index (χ3n) is 3.27. The molecule has 2 unspecified atom stereocenters. The summed E-state index contributed by atoms with van der Waals surface area (Å²) in [7, 11) is 1.25. The minimum Gasteiger partial charge on any atom is -0.467 e. The molecule has 116 valence electrons. The molecule has 1 N–H and O–H groups in total. The van der Waals surface area contributed by atoms with E-state index in [-0.39, 0.29) is 16.5 Å². The molecule has 0 aliphatic heterocycles. The van der Waals surface area contributed by atoms with Crippen molar-refractivity contribution in [2.75, 3.05) is 7.11 Å². The molecular weight excluding hydrogens is 296 g/mol. The van der Waals surface area contributed by atoms with Gasteiger partial charge in [0.25, 0.3) is 11.6 Å². The van der Waals surface area contributed by atoms with E-state index in [1.807, 2.05) is 13.8 Å². The lowest BCUT2D eigenvalue weighted by molar-refractivity contribution is -0.385. The Morgan fingerprint density at radius 1 is 1.52 bits per heavy atom. The van der Waals surface area contributed by atoms with Crippen molar-refractivity contribution in [2.24, 2.45) is 5.92 Å². The van der Waals surface area contributed by atoms with Crippen molar-refractivity contribution in [1.82, 2.24) is 5.32 Å². The summed E-state index contributed by atoms with van der Waals surface area (Å²) in [5, 5.41) is 13.4. The van der Waals surface area contributed by atoms with Gasteiger partial charge in [-0.15, -0.1) is 11.3 Å². The van der Waals surface area contributed by atoms with Crippen LogP contribution in [-0.2, 0) is 9.53 Å². The van der Waals surface area contributed by atoms with E-state index in [4.69, 9.17) is 0 Å². The van der Waals surface area contributed by atoms with Crippen LogP contribution in [-0.4, -0.2) is 30.0 Å². The predicted molar refractivity (Wildman–Crippen MR) is 78.4 cm³/mol. The second kappa shape index (κ2) is 7.16. The van der Waals surface area contributed by atoms with E-state index in [1.54, 1.807) is 6.92 Å². The minimum absolute atomic E-state index is 0.0942. The van der Waals surface area contributed by atoms with E-state index >= 15 is 0 Å². The molecule has 0 aliphatic rings. The van der Waals surface area contributed by atoms with E-state index in [1.165, 1.54) is 13.2 Å². The van der Waals surface area contributed by atoms with E-state index in [9.17, 15) is 19.7 Å². The van der Waals surface area contributed by atoms with Gasteiger partial charge in [-0.3, -0.25) is 14.9 Å². The van der Waals surface area contributed by atoms with Gasteiger partial charge >= 0.3 is 5.97 Å². The van der Waals surface area contributed by atoms with Gasteiger partial charge in [0.15, 0.2) is 0 Å². The maximum atomic E-state index is 12.2. The Morgan fingerprint density at radius 2 is 2.14 bits per heavy atom. The van der Waals surface area contributed by atoms with Crippen LogP contribution >= 0.6 is 11.3 Å². The molecule has 0 bridgehead atoms. The van der Waals surface area contributed by atoms with Crippen LogP contribution in [0, 0.1) is 23.0 Å². The van der Waals surface area contributed by atoms with Crippen molar-refractivity contribution in [3.8, 4) is 0 Å². The average molecular weight is 314 g/mol. The zero-order valence-corrected chi connectivity index (χ0v) is 13.2. The number of hydrogen-bond acceptors (Lipinski definition) is 6. The fraction of sp³-hybridized carbons (Fsp3) is 0.538. The molecule has 0 spiro atoms. The van der Waals surface area contributed by atoms with Crippen LogP contribution < -0.4 is 5.32 Å². The second-order valence-electron chi connectivity index (χ2n) is 4.67. The van der Waals surface area contributed by atoms with Gasteiger partial charge in [0.05, 0.1) is 21.8 Å². The first-order valence-electron chi connectivity index (χ1n) is 6.45. The normalized spacial score (nSPS) is 13.3. The number of thiophene rings is 1. The summed E-state index contributed by atoms with van der Waals surface area (Å²) >= 11 is 1.03. The number of amides is 1. The van der Waals surface area contributed by atoms with Gasteiger partial charge in [0, 0.05) is 6.07 Å². The van der Waals surface area contributed by atoms with Gasteiger partial charge in [0.2, 0.25) is 0 Å². The van der Waals surface area contributed by atoms with Crippen molar-refractivity contribution in [3.63, 3.8) is 0 Å². The van der Waals surface area contributed by atoms with E-state index in [0.717, 1.165) is 11.3 Å². The molecule has 1 amide bonds. The molecule has 21 heavy (non-hydrogen) atoms. The third kappa shape index (κ3) is 4.01. The van der Waals surface area contributed by atoms with Gasteiger partial charge in [0.1, 0.15) is 6.04 Å². The fourth-order valence-corrected chi connectivity index (χ4v) is 2.66. The Labute approximate surface area is 126 Å². The number of carbonyl (C=O) groups is 2. The fourth-order valence-electron chi connectivity index (χ4n) is 1.77. The summed E-state index contributed by atoms with van der Waals surface area (Å²) < 4.78 is 4.68. The molecule has 0 aromatic carbocycles. The Kier molecular flexibility index (Phi) is 5.83. The number of nitrogens with zero attached hydrogens (tertiary/aromatic N) is 1. The Hall–Kier alpha value is -1.96. The molecule has 0 saturated carbocycles. The predicted octanol–water partition coefficient (Wildman–Crippen LogP) is 2.28. The Bertz CT molecular complexity index is 555. The number of rotatable bonds is 6. The van der Waals surface area contributed by atoms with Crippen LogP contribution in [0.3, 0.4) is 0 Å². The van der Waals surface area contributed by atoms with E-state index in [2.05, 4.69) is 10.1 Å². The van der Waals surface area contributed by atoms with Crippen molar-refractivity contribution < 1.29 is 19.2 Å². The number of ether oxygens (including phenoxy) is 1. The van der Waals surface area contributed by atoms with Gasteiger partial charge in [-0.2, -0.15) is 0 Å². The van der Waals surface area contributed by atoms with Crippen LogP contribution in [0.2, 0.25) is 0 Å². The molecule has 7 nitrogen and oxygen atoms in total. The first-order chi connectivity index (χ1) is 9.81. The molecule has 1 aromatic rings. The lowest BCUT2D eigenvalue weighted by Gasteiger charge is -2.21. The number of nitrogens with one attached hydrogen (secondary N) is 1. The van der Waals surface area contributed by atoms with Gasteiger partial charge in [-0.25, -0.2) is 4.79 Å². The standard InChI is InChI=1S/C13H18N2O5S/c1-5-7(2)11(13(17)20-4)14-12(16)10-6-9(15(18)19)8(3)21-10/h6-7,11H,5H2,1-4H3,(H,14,16). The lowest BCUT2D eigenvalue weighted by Crippen LogP contribution is -2.45. The highest BCUT2D eigenvalue weighted by molar-refractivity contribution is 7.14. The number of nitro groups is 1. The number of hydrogen-bond donors (Lipinski definition) is 1. The first kappa shape index (κ1) is 17.1. The van der Waals surface area contributed by atoms with E-state index < -0.39 is 22.8 Å². The van der Waals surface area contributed by atoms with Crippen molar-refractivity contribution >= 4 is 28.9 Å². The van der Waals surface area contributed by atoms with Crippen LogP contribution in [0.25, 0.3) is 0 Å². The molecule has 1 heterocycles. The lowest BCUT2D eigenvalue weighted by atomic mass is 9.99. The summed E-state index contributed by atoms with van der Waals surface area (Å²) in [6.07, 6.45) is 0.684. The highest BCUT2D eigenvalue weighted by Crippen LogP contribution is 2.28. The number of methoxy groups -OCH3 is 1. The summed E-state index contributed by atoms with van der Waals surface area (Å²) in [6.45, 7) is 5.29. The van der Waals surface area contributed by atoms with Gasteiger partial charge < -0.3 is 10.1 Å². The molecule has 0 saturated heterocycles. The maximum Gasteiger partial charge on any atom is 0.328 e. The highest BCUT2D eigenvalue weighted by atomic mass is 32.1. The van der Waals surface area contributed by atoms with Crippen LogP contribution in [0.5, 0.6) is 0 Å². The zero-order valence-electron chi connectivity index (χ0n) is 12.3. The van der Waals surface area contributed by atoms with Crippen molar-refractivity contribution in [2.45, 2.75) is 33.2 Å². The topological polar surface area (TPSA) is 98.5 Å². The van der Waals surface area contributed by atoms with Crippen LogP contribution in [0.4, 0.5) is 5.69 Å². The number of aryl methyl sites for hydroxylation is 1. The average Bonchev–Trinajstić information content (AvgIpc) is 2.85. The smallest absolute Gasteiger partial charge is 0.328 e.